The molecule has 0 spiro atoms. The molecule has 1 aliphatic rings. The third-order valence-electron chi connectivity index (χ3n) is 4.83. The minimum atomic E-state index is -0.681. The summed E-state index contributed by atoms with van der Waals surface area (Å²) >= 11 is 0. The Kier molecular flexibility index (Phi) is 4.86. The highest BCUT2D eigenvalue weighted by Crippen LogP contribution is 2.42. The Hall–Kier alpha value is -1.58. The lowest BCUT2D eigenvalue weighted by Crippen LogP contribution is -2.37. The number of aromatic nitrogens is 1. The number of carboxylic acid groups (broad SMARTS) is 1. The molecule has 0 bridgehead atoms. The number of hydrogen-bond acceptors (Lipinski definition) is 3. The van der Waals surface area contributed by atoms with Gasteiger partial charge in [-0.15, -0.1) is 0 Å². The summed E-state index contributed by atoms with van der Waals surface area (Å²) in [7, 11) is 1.62. The Morgan fingerprint density at radius 2 is 2.10 bits per heavy atom. The first kappa shape index (κ1) is 15.8. The summed E-state index contributed by atoms with van der Waals surface area (Å²) in [6.45, 7) is 4.10. The van der Waals surface area contributed by atoms with Crippen molar-refractivity contribution in [2.24, 2.45) is 11.3 Å². The van der Waals surface area contributed by atoms with E-state index >= 15 is 0 Å². The normalized spacial score (nSPS) is 25.6. The van der Waals surface area contributed by atoms with Crippen molar-refractivity contribution in [3.8, 4) is 5.75 Å². The molecule has 1 saturated carbocycles. The molecule has 0 aromatic carbocycles. The molecule has 0 amide bonds. The predicted molar refractivity (Wildman–Crippen MR) is 81.5 cm³/mol. The summed E-state index contributed by atoms with van der Waals surface area (Å²) in [4.78, 5) is 16.4. The molecular weight excluding hydrogens is 266 g/mol. The number of methoxy groups -OCH3 is 1. The van der Waals surface area contributed by atoms with E-state index in [2.05, 4.69) is 11.9 Å². The maximum absolute atomic E-state index is 11.9. The van der Waals surface area contributed by atoms with Gasteiger partial charge in [0.25, 0.3) is 0 Å². The molecule has 21 heavy (non-hydrogen) atoms. The van der Waals surface area contributed by atoms with Crippen LogP contribution in [0.3, 0.4) is 0 Å². The van der Waals surface area contributed by atoms with E-state index in [0.717, 1.165) is 49.2 Å². The standard InChI is InChI=1S/C17H25NO3/c1-4-13-5-7-17(8-6-13,16(19)20)11-14-10-15(21-3)9-12(2)18-14/h9-10,13H,4-8,11H2,1-3H3,(H,19,20). The van der Waals surface area contributed by atoms with E-state index in [-0.39, 0.29) is 0 Å². The van der Waals surface area contributed by atoms with Crippen molar-refractivity contribution in [1.29, 1.82) is 0 Å². The van der Waals surface area contributed by atoms with Crippen molar-refractivity contribution in [2.75, 3.05) is 7.11 Å². The minimum absolute atomic E-state index is 0.497. The van der Waals surface area contributed by atoms with E-state index in [9.17, 15) is 9.90 Å². The highest BCUT2D eigenvalue weighted by molar-refractivity contribution is 5.75. The van der Waals surface area contributed by atoms with Crippen LogP contribution >= 0.6 is 0 Å². The first-order chi connectivity index (χ1) is 9.99. The van der Waals surface area contributed by atoms with Crippen LogP contribution in [0.25, 0.3) is 0 Å². The maximum atomic E-state index is 11.9. The zero-order valence-corrected chi connectivity index (χ0v) is 13.2. The second-order valence-corrected chi connectivity index (χ2v) is 6.25. The van der Waals surface area contributed by atoms with Crippen molar-refractivity contribution in [3.05, 3.63) is 23.5 Å². The van der Waals surface area contributed by atoms with Crippen LogP contribution in [-0.4, -0.2) is 23.2 Å². The van der Waals surface area contributed by atoms with Gasteiger partial charge in [-0.05, 0) is 38.5 Å². The first-order valence-corrected chi connectivity index (χ1v) is 7.74. The van der Waals surface area contributed by atoms with Gasteiger partial charge in [0.2, 0.25) is 0 Å². The fraction of sp³-hybridized carbons (Fsp3) is 0.647. The second kappa shape index (κ2) is 6.46. The van der Waals surface area contributed by atoms with Gasteiger partial charge in [-0.1, -0.05) is 13.3 Å². The second-order valence-electron chi connectivity index (χ2n) is 6.25. The smallest absolute Gasteiger partial charge is 0.310 e. The molecule has 4 heteroatoms. The summed E-state index contributed by atoms with van der Waals surface area (Å²) < 4.78 is 5.27. The quantitative estimate of drug-likeness (QED) is 0.900. The molecule has 0 atom stereocenters. The van der Waals surface area contributed by atoms with E-state index in [1.807, 2.05) is 19.1 Å². The fourth-order valence-electron chi connectivity index (χ4n) is 3.36. The van der Waals surface area contributed by atoms with Crippen molar-refractivity contribution < 1.29 is 14.6 Å². The Labute approximate surface area is 126 Å². The van der Waals surface area contributed by atoms with E-state index in [4.69, 9.17) is 4.74 Å². The van der Waals surface area contributed by atoms with Gasteiger partial charge in [-0.3, -0.25) is 9.78 Å². The summed E-state index contributed by atoms with van der Waals surface area (Å²) in [6.07, 6.45) is 5.15. The number of rotatable bonds is 5. The molecule has 1 aliphatic carbocycles. The molecule has 2 rings (SSSR count). The van der Waals surface area contributed by atoms with Gasteiger partial charge in [0.1, 0.15) is 5.75 Å². The van der Waals surface area contributed by atoms with Gasteiger partial charge in [0, 0.05) is 29.9 Å². The van der Waals surface area contributed by atoms with Gasteiger partial charge >= 0.3 is 5.97 Å². The van der Waals surface area contributed by atoms with Crippen LogP contribution in [0.4, 0.5) is 0 Å². The summed E-state index contributed by atoms with van der Waals surface area (Å²) in [6, 6.07) is 3.73. The lowest BCUT2D eigenvalue weighted by Gasteiger charge is -2.36. The molecule has 0 unspecified atom stereocenters. The average Bonchev–Trinajstić information content (AvgIpc) is 2.47. The van der Waals surface area contributed by atoms with Gasteiger partial charge in [0.15, 0.2) is 0 Å². The van der Waals surface area contributed by atoms with Gasteiger partial charge in [0.05, 0.1) is 12.5 Å². The largest absolute Gasteiger partial charge is 0.497 e. The zero-order chi connectivity index (χ0) is 15.5. The zero-order valence-electron chi connectivity index (χ0n) is 13.2. The van der Waals surface area contributed by atoms with Gasteiger partial charge in [-0.25, -0.2) is 0 Å². The molecule has 1 heterocycles. The van der Waals surface area contributed by atoms with Gasteiger partial charge < -0.3 is 9.84 Å². The molecular formula is C17H25NO3. The highest BCUT2D eigenvalue weighted by Gasteiger charge is 2.42. The number of nitrogens with zero attached hydrogens (tertiary/aromatic N) is 1. The van der Waals surface area contributed by atoms with E-state index in [1.54, 1.807) is 7.11 Å². The fourth-order valence-corrected chi connectivity index (χ4v) is 3.36. The molecule has 0 radical (unpaired) electrons. The van der Waals surface area contributed by atoms with E-state index in [1.165, 1.54) is 0 Å². The molecule has 1 fully saturated rings. The summed E-state index contributed by atoms with van der Waals surface area (Å²) in [5.74, 6) is 0.747. The Bertz CT molecular complexity index is 505. The number of hydrogen-bond donors (Lipinski definition) is 1. The van der Waals surface area contributed by atoms with Crippen molar-refractivity contribution >= 4 is 5.97 Å². The van der Waals surface area contributed by atoms with Crippen LogP contribution in [0, 0.1) is 18.3 Å². The van der Waals surface area contributed by atoms with Crippen LogP contribution < -0.4 is 4.74 Å². The summed E-state index contributed by atoms with van der Waals surface area (Å²) in [5, 5.41) is 9.75. The molecule has 1 aromatic rings. The van der Waals surface area contributed by atoms with E-state index in [0.29, 0.717) is 12.3 Å². The van der Waals surface area contributed by atoms with Gasteiger partial charge in [-0.2, -0.15) is 0 Å². The molecule has 1 aromatic heterocycles. The number of pyridine rings is 1. The van der Waals surface area contributed by atoms with Crippen molar-refractivity contribution in [3.63, 3.8) is 0 Å². The number of carbonyl (C=O) groups is 1. The topological polar surface area (TPSA) is 59.4 Å². The van der Waals surface area contributed by atoms with Crippen LogP contribution in [0.1, 0.15) is 50.4 Å². The number of aliphatic carboxylic acids is 1. The van der Waals surface area contributed by atoms with Crippen molar-refractivity contribution in [2.45, 2.75) is 52.4 Å². The molecule has 116 valence electrons. The maximum Gasteiger partial charge on any atom is 0.310 e. The van der Waals surface area contributed by atoms with Crippen LogP contribution in [-0.2, 0) is 11.2 Å². The van der Waals surface area contributed by atoms with Crippen LogP contribution in [0.5, 0.6) is 5.75 Å². The van der Waals surface area contributed by atoms with Crippen LogP contribution in [0.15, 0.2) is 12.1 Å². The molecule has 4 nitrogen and oxygen atoms in total. The Morgan fingerprint density at radius 3 is 2.62 bits per heavy atom. The minimum Gasteiger partial charge on any atom is -0.497 e. The number of carboxylic acids is 1. The molecule has 0 aliphatic heterocycles. The number of aryl methyl sites for hydroxylation is 1. The Morgan fingerprint density at radius 1 is 1.43 bits per heavy atom. The Balaban J connectivity index is 2.21. The average molecular weight is 291 g/mol. The lowest BCUT2D eigenvalue weighted by molar-refractivity contribution is -0.151. The summed E-state index contributed by atoms with van der Waals surface area (Å²) in [5.41, 5.74) is 1.04. The number of ether oxygens (including phenoxy) is 1. The lowest BCUT2D eigenvalue weighted by atomic mass is 9.67. The monoisotopic (exact) mass is 291 g/mol. The molecule has 1 N–H and O–H groups in total. The third kappa shape index (κ3) is 3.55. The van der Waals surface area contributed by atoms with Crippen LogP contribution in [0.2, 0.25) is 0 Å². The molecule has 0 saturated heterocycles. The first-order valence-electron chi connectivity index (χ1n) is 7.74. The third-order valence-corrected chi connectivity index (χ3v) is 4.83. The van der Waals surface area contributed by atoms with Crippen molar-refractivity contribution in [1.82, 2.24) is 4.98 Å². The predicted octanol–water partition coefficient (Wildman–Crippen LogP) is 3.61. The highest BCUT2D eigenvalue weighted by atomic mass is 16.5. The van der Waals surface area contributed by atoms with E-state index < -0.39 is 11.4 Å². The SMILES string of the molecule is CCC1CCC(Cc2cc(OC)cc(C)n2)(C(=O)O)CC1.